The number of hydrogen-bond donors (Lipinski definition) is 1. The fraction of sp³-hybridized carbons (Fsp3) is 0.286. The largest absolute Gasteiger partial charge is 0.495 e. The maximum Gasteiger partial charge on any atom is 0.312 e. The zero-order chi connectivity index (χ0) is 21.0. The van der Waals surface area contributed by atoms with Gasteiger partial charge in [0.1, 0.15) is 5.75 Å². The number of nitrogens with one attached hydrogen (secondary N) is 1. The molecular formula is C21H21ClN2O5. The van der Waals surface area contributed by atoms with Crippen molar-refractivity contribution in [1.29, 1.82) is 0 Å². The third-order valence-corrected chi connectivity index (χ3v) is 4.82. The van der Waals surface area contributed by atoms with Gasteiger partial charge >= 0.3 is 5.97 Å². The van der Waals surface area contributed by atoms with E-state index in [0.29, 0.717) is 22.1 Å². The van der Waals surface area contributed by atoms with Crippen molar-refractivity contribution in [2.24, 2.45) is 5.92 Å². The number of nitrogens with zero attached hydrogens (tertiary/aromatic N) is 1. The molecule has 1 fully saturated rings. The van der Waals surface area contributed by atoms with Gasteiger partial charge in [0.05, 0.1) is 18.7 Å². The Balaban J connectivity index is 1.60. The van der Waals surface area contributed by atoms with Gasteiger partial charge in [0.25, 0.3) is 5.91 Å². The Bertz CT molecular complexity index is 933. The number of carbonyl (C=O) groups is 3. The second-order valence-electron chi connectivity index (χ2n) is 6.66. The molecule has 7 nitrogen and oxygen atoms in total. The predicted octanol–water partition coefficient (Wildman–Crippen LogP) is 3.27. The molecule has 0 aliphatic carbocycles. The molecule has 2 amide bonds. The standard InChI is InChI=1S/C21H21ClN2O5/c1-13(20(26)23-16-7-5-6-15(22)11-16)29-21(27)14-10-19(25)24(12-14)17-8-3-4-9-18(17)28-2/h3-9,11,13-14H,10,12H2,1-2H3,(H,23,26)/t13-,14+/m0/s1. The Kier molecular flexibility index (Phi) is 6.39. The highest BCUT2D eigenvalue weighted by Gasteiger charge is 2.38. The lowest BCUT2D eigenvalue weighted by Gasteiger charge is -2.20. The van der Waals surface area contributed by atoms with Gasteiger partial charge in [0, 0.05) is 23.7 Å². The number of rotatable bonds is 6. The number of benzene rings is 2. The van der Waals surface area contributed by atoms with Crippen LogP contribution in [-0.2, 0) is 19.1 Å². The first-order valence-electron chi connectivity index (χ1n) is 9.09. The molecule has 0 radical (unpaired) electrons. The predicted molar refractivity (Wildman–Crippen MR) is 109 cm³/mol. The summed E-state index contributed by atoms with van der Waals surface area (Å²) in [5.74, 6) is -1.39. The Labute approximate surface area is 173 Å². The van der Waals surface area contributed by atoms with Crippen molar-refractivity contribution in [3.63, 3.8) is 0 Å². The van der Waals surface area contributed by atoms with Gasteiger partial charge in [-0.15, -0.1) is 0 Å². The van der Waals surface area contributed by atoms with E-state index in [9.17, 15) is 14.4 Å². The van der Waals surface area contributed by atoms with Crippen LogP contribution in [0.5, 0.6) is 5.75 Å². The molecule has 152 valence electrons. The summed E-state index contributed by atoms with van der Waals surface area (Å²) in [4.78, 5) is 38.7. The van der Waals surface area contributed by atoms with Crippen molar-refractivity contribution in [3.05, 3.63) is 53.6 Å². The molecule has 2 aromatic rings. The number of halogens is 1. The summed E-state index contributed by atoms with van der Waals surface area (Å²) in [6.07, 6.45) is -1.00. The number of esters is 1. The maximum absolute atomic E-state index is 12.5. The molecule has 1 aliphatic rings. The van der Waals surface area contributed by atoms with E-state index in [1.54, 1.807) is 48.5 Å². The average Bonchev–Trinajstić information content (AvgIpc) is 3.09. The Morgan fingerprint density at radius 3 is 2.69 bits per heavy atom. The lowest BCUT2D eigenvalue weighted by Crippen LogP contribution is -2.33. The molecule has 2 aromatic carbocycles. The molecule has 0 unspecified atom stereocenters. The third-order valence-electron chi connectivity index (χ3n) is 4.59. The number of carbonyl (C=O) groups excluding carboxylic acids is 3. The van der Waals surface area contributed by atoms with Crippen LogP contribution in [0.15, 0.2) is 48.5 Å². The molecule has 29 heavy (non-hydrogen) atoms. The van der Waals surface area contributed by atoms with Gasteiger partial charge in [-0.05, 0) is 37.3 Å². The fourth-order valence-electron chi connectivity index (χ4n) is 3.09. The van der Waals surface area contributed by atoms with Crippen molar-refractivity contribution in [2.75, 3.05) is 23.9 Å². The van der Waals surface area contributed by atoms with Crippen LogP contribution in [0.1, 0.15) is 13.3 Å². The Morgan fingerprint density at radius 2 is 1.97 bits per heavy atom. The minimum Gasteiger partial charge on any atom is -0.495 e. The number of anilines is 2. The molecule has 1 aliphatic heterocycles. The normalized spacial score (nSPS) is 17.0. The smallest absolute Gasteiger partial charge is 0.312 e. The summed E-state index contributed by atoms with van der Waals surface area (Å²) < 4.78 is 10.6. The van der Waals surface area contributed by atoms with Crippen LogP contribution >= 0.6 is 11.6 Å². The van der Waals surface area contributed by atoms with E-state index in [0.717, 1.165) is 0 Å². The van der Waals surface area contributed by atoms with Gasteiger partial charge in [-0.1, -0.05) is 29.8 Å². The first-order chi connectivity index (χ1) is 13.9. The topological polar surface area (TPSA) is 84.9 Å². The second-order valence-corrected chi connectivity index (χ2v) is 7.09. The van der Waals surface area contributed by atoms with E-state index in [1.807, 2.05) is 0 Å². The zero-order valence-corrected chi connectivity index (χ0v) is 16.8. The van der Waals surface area contributed by atoms with Crippen molar-refractivity contribution in [3.8, 4) is 5.75 Å². The van der Waals surface area contributed by atoms with Gasteiger partial charge in [0.15, 0.2) is 6.10 Å². The molecule has 0 aromatic heterocycles. The van der Waals surface area contributed by atoms with E-state index >= 15 is 0 Å². The summed E-state index contributed by atoms with van der Waals surface area (Å²) >= 11 is 5.90. The molecule has 0 bridgehead atoms. The van der Waals surface area contributed by atoms with E-state index in [-0.39, 0.29) is 18.9 Å². The van der Waals surface area contributed by atoms with E-state index in [2.05, 4.69) is 5.32 Å². The van der Waals surface area contributed by atoms with Crippen LogP contribution < -0.4 is 15.0 Å². The highest BCUT2D eigenvalue weighted by atomic mass is 35.5. The highest BCUT2D eigenvalue weighted by Crippen LogP contribution is 2.33. The maximum atomic E-state index is 12.5. The number of hydrogen-bond acceptors (Lipinski definition) is 5. The van der Waals surface area contributed by atoms with Gasteiger partial charge < -0.3 is 19.7 Å². The number of ether oxygens (including phenoxy) is 2. The summed E-state index contributed by atoms with van der Waals surface area (Å²) in [7, 11) is 1.52. The zero-order valence-electron chi connectivity index (χ0n) is 16.1. The van der Waals surface area contributed by atoms with Crippen LogP contribution in [-0.4, -0.2) is 37.5 Å². The molecule has 1 saturated heterocycles. The van der Waals surface area contributed by atoms with Crippen LogP contribution in [0.25, 0.3) is 0 Å². The second kappa shape index (κ2) is 8.96. The lowest BCUT2D eigenvalue weighted by atomic mass is 10.1. The van der Waals surface area contributed by atoms with E-state index in [4.69, 9.17) is 21.1 Å². The van der Waals surface area contributed by atoms with Crippen molar-refractivity contribution < 1.29 is 23.9 Å². The van der Waals surface area contributed by atoms with Crippen molar-refractivity contribution in [2.45, 2.75) is 19.4 Å². The summed E-state index contributed by atoms with van der Waals surface area (Å²) in [6, 6.07) is 13.8. The van der Waals surface area contributed by atoms with Crippen LogP contribution in [0, 0.1) is 5.92 Å². The summed E-state index contributed by atoms with van der Waals surface area (Å²) in [6.45, 7) is 1.65. The molecule has 1 N–H and O–H groups in total. The summed E-state index contributed by atoms with van der Waals surface area (Å²) in [5.41, 5.74) is 1.10. The molecule has 3 rings (SSSR count). The number of methoxy groups -OCH3 is 1. The molecule has 2 atom stereocenters. The van der Waals surface area contributed by atoms with Gasteiger partial charge in [-0.25, -0.2) is 0 Å². The quantitative estimate of drug-likeness (QED) is 0.730. The van der Waals surface area contributed by atoms with E-state index in [1.165, 1.54) is 18.9 Å². The van der Waals surface area contributed by atoms with Gasteiger partial charge in [-0.2, -0.15) is 0 Å². The SMILES string of the molecule is COc1ccccc1N1C[C@H](C(=O)O[C@@H](C)C(=O)Nc2cccc(Cl)c2)CC1=O. The van der Waals surface area contributed by atoms with Crippen LogP contribution in [0.3, 0.4) is 0 Å². The number of amides is 2. The van der Waals surface area contributed by atoms with Gasteiger partial charge in [-0.3, -0.25) is 14.4 Å². The highest BCUT2D eigenvalue weighted by molar-refractivity contribution is 6.30. The molecule has 1 heterocycles. The third kappa shape index (κ3) is 4.86. The van der Waals surface area contributed by atoms with Crippen LogP contribution in [0.2, 0.25) is 5.02 Å². The minimum absolute atomic E-state index is 0.0134. The molecular weight excluding hydrogens is 396 g/mol. The van der Waals surface area contributed by atoms with Crippen molar-refractivity contribution >= 4 is 40.8 Å². The lowest BCUT2D eigenvalue weighted by molar-refractivity contribution is -0.157. The van der Waals surface area contributed by atoms with Crippen LogP contribution in [0.4, 0.5) is 11.4 Å². The monoisotopic (exact) mass is 416 g/mol. The molecule has 0 spiro atoms. The first-order valence-corrected chi connectivity index (χ1v) is 9.47. The minimum atomic E-state index is -1.02. The fourth-order valence-corrected chi connectivity index (χ4v) is 3.28. The molecule has 0 saturated carbocycles. The average molecular weight is 417 g/mol. The Hall–Kier alpha value is -3.06. The van der Waals surface area contributed by atoms with Gasteiger partial charge in [0.2, 0.25) is 5.91 Å². The Morgan fingerprint density at radius 1 is 1.21 bits per heavy atom. The number of para-hydroxylation sites is 2. The first kappa shape index (κ1) is 20.7. The summed E-state index contributed by atoms with van der Waals surface area (Å²) in [5, 5.41) is 3.12. The van der Waals surface area contributed by atoms with Crippen molar-refractivity contribution in [1.82, 2.24) is 0 Å². The van der Waals surface area contributed by atoms with E-state index < -0.39 is 23.9 Å². The molecule has 8 heteroatoms.